The van der Waals surface area contributed by atoms with Gasteiger partial charge in [0.1, 0.15) is 6.04 Å². The summed E-state index contributed by atoms with van der Waals surface area (Å²) in [7, 11) is 0. The number of hydrogen-bond acceptors (Lipinski definition) is 2. The largest absolute Gasteiger partial charge is 0.347 e. The first-order valence-electron chi connectivity index (χ1n) is 8.10. The predicted molar refractivity (Wildman–Crippen MR) is 96.0 cm³/mol. The molecule has 3 aromatic rings. The number of thiophene rings is 1. The maximum Gasteiger partial charge on any atom is 0.318 e. The second-order valence-corrected chi connectivity index (χ2v) is 6.86. The molecular weight excluding hydrogens is 318 g/mol. The summed E-state index contributed by atoms with van der Waals surface area (Å²) < 4.78 is 2.24. The van der Waals surface area contributed by atoms with E-state index >= 15 is 0 Å². The van der Waals surface area contributed by atoms with Crippen LogP contribution in [0, 0.1) is 0 Å². The van der Waals surface area contributed by atoms with Crippen molar-refractivity contribution in [1.29, 1.82) is 0 Å². The molecular formula is C19H19N3OS. The third kappa shape index (κ3) is 2.83. The minimum Gasteiger partial charge on any atom is -0.347 e. The van der Waals surface area contributed by atoms with Crippen LogP contribution in [0.25, 0.3) is 0 Å². The quantitative estimate of drug-likeness (QED) is 0.774. The topological polar surface area (TPSA) is 37.3 Å². The summed E-state index contributed by atoms with van der Waals surface area (Å²) in [5.74, 6) is 0. The van der Waals surface area contributed by atoms with Crippen LogP contribution < -0.4 is 5.32 Å². The molecule has 3 heterocycles. The zero-order chi connectivity index (χ0) is 16.4. The minimum atomic E-state index is -0.00970. The van der Waals surface area contributed by atoms with Crippen molar-refractivity contribution in [3.8, 4) is 0 Å². The van der Waals surface area contributed by atoms with Crippen LogP contribution in [0.2, 0.25) is 0 Å². The van der Waals surface area contributed by atoms with Gasteiger partial charge in [0.2, 0.25) is 0 Å². The van der Waals surface area contributed by atoms with Crippen LogP contribution in [0.15, 0.2) is 66.2 Å². The van der Waals surface area contributed by atoms with Gasteiger partial charge in [0.05, 0.1) is 0 Å². The monoisotopic (exact) mass is 337 g/mol. The van der Waals surface area contributed by atoms with E-state index in [1.165, 1.54) is 10.6 Å². The molecule has 0 spiro atoms. The molecule has 0 fully saturated rings. The fourth-order valence-corrected chi connectivity index (χ4v) is 4.07. The second kappa shape index (κ2) is 6.53. The van der Waals surface area contributed by atoms with E-state index in [-0.39, 0.29) is 12.1 Å². The molecule has 0 saturated carbocycles. The van der Waals surface area contributed by atoms with Gasteiger partial charge in [-0.2, -0.15) is 0 Å². The molecule has 0 aliphatic carbocycles. The Morgan fingerprint density at radius 3 is 2.75 bits per heavy atom. The van der Waals surface area contributed by atoms with E-state index in [0.29, 0.717) is 13.1 Å². The van der Waals surface area contributed by atoms with Gasteiger partial charge in [0.25, 0.3) is 0 Å². The molecule has 5 heteroatoms. The lowest BCUT2D eigenvalue weighted by Crippen LogP contribution is -2.46. The van der Waals surface area contributed by atoms with Gasteiger partial charge in [-0.3, -0.25) is 0 Å². The summed E-state index contributed by atoms with van der Waals surface area (Å²) in [6, 6.07) is 18.3. The number of hydrogen-bond donors (Lipinski definition) is 1. The lowest BCUT2D eigenvalue weighted by atomic mass is 10.1. The molecule has 1 aliphatic heterocycles. The maximum absolute atomic E-state index is 12.8. The molecule has 24 heavy (non-hydrogen) atoms. The smallest absolute Gasteiger partial charge is 0.318 e. The van der Waals surface area contributed by atoms with Crippen LogP contribution in [0.1, 0.15) is 22.2 Å². The first kappa shape index (κ1) is 15.0. The Bertz CT molecular complexity index is 810. The molecule has 0 radical (unpaired) electrons. The number of amides is 2. The van der Waals surface area contributed by atoms with Crippen LogP contribution in [0.3, 0.4) is 0 Å². The molecule has 1 aliphatic rings. The van der Waals surface area contributed by atoms with E-state index in [1.54, 1.807) is 11.3 Å². The van der Waals surface area contributed by atoms with Crippen molar-refractivity contribution in [2.24, 2.45) is 0 Å². The molecule has 4 nitrogen and oxygen atoms in total. The standard InChI is InChI=1S/C19H19N3OS/c23-19(20-14-15-6-2-1-3-7-15)22-12-11-21-10-4-8-16(21)18(22)17-9-5-13-24-17/h1-10,13,18H,11-12,14H2,(H,20,23). The number of nitrogens with zero attached hydrogens (tertiary/aromatic N) is 2. The van der Waals surface area contributed by atoms with Gasteiger partial charge in [-0.1, -0.05) is 36.4 Å². The Hall–Kier alpha value is -2.53. The highest BCUT2D eigenvalue weighted by Gasteiger charge is 2.32. The van der Waals surface area contributed by atoms with Gasteiger partial charge in [-0.25, -0.2) is 4.79 Å². The number of urea groups is 1. The third-order valence-electron chi connectivity index (χ3n) is 4.40. The number of rotatable bonds is 3. The lowest BCUT2D eigenvalue weighted by Gasteiger charge is -2.36. The number of fused-ring (bicyclic) bond motifs is 1. The summed E-state index contributed by atoms with van der Waals surface area (Å²) in [5.41, 5.74) is 2.29. The predicted octanol–water partition coefficient (Wildman–Crippen LogP) is 3.86. The van der Waals surface area contributed by atoms with Crippen LogP contribution >= 0.6 is 11.3 Å². The Labute approximate surface area is 145 Å². The summed E-state index contributed by atoms with van der Waals surface area (Å²) in [6.07, 6.45) is 2.09. The zero-order valence-corrected chi connectivity index (χ0v) is 14.1. The highest BCUT2D eigenvalue weighted by Crippen LogP contribution is 2.34. The zero-order valence-electron chi connectivity index (χ0n) is 13.3. The maximum atomic E-state index is 12.8. The number of aromatic nitrogens is 1. The first-order valence-corrected chi connectivity index (χ1v) is 8.98. The molecule has 1 N–H and O–H groups in total. The van der Waals surface area contributed by atoms with Crippen molar-refractivity contribution in [3.63, 3.8) is 0 Å². The van der Waals surface area contributed by atoms with Gasteiger partial charge >= 0.3 is 6.03 Å². The summed E-state index contributed by atoms with van der Waals surface area (Å²) >= 11 is 1.70. The number of carbonyl (C=O) groups excluding carboxylic acids is 1. The van der Waals surface area contributed by atoms with Gasteiger partial charge in [0, 0.05) is 36.4 Å². The number of nitrogens with one attached hydrogen (secondary N) is 1. The highest BCUT2D eigenvalue weighted by molar-refractivity contribution is 7.10. The van der Waals surface area contributed by atoms with E-state index in [1.807, 2.05) is 41.3 Å². The van der Waals surface area contributed by atoms with Crippen molar-refractivity contribution in [1.82, 2.24) is 14.8 Å². The normalized spacial score (nSPS) is 16.7. The second-order valence-electron chi connectivity index (χ2n) is 5.88. The van der Waals surface area contributed by atoms with Crippen molar-refractivity contribution in [2.75, 3.05) is 6.54 Å². The van der Waals surface area contributed by atoms with Crippen molar-refractivity contribution >= 4 is 17.4 Å². The van der Waals surface area contributed by atoms with Crippen LogP contribution in [-0.2, 0) is 13.1 Å². The average molecular weight is 337 g/mol. The van der Waals surface area contributed by atoms with Crippen molar-refractivity contribution in [2.45, 2.75) is 19.1 Å². The van der Waals surface area contributed by atoms with E-state index in [0.717, 1.165) is 12.1 Å². The summed E-state index contributed by atoms with van der Waals surface area (Å²) in [4.78, 5) is 16.0. The van der Waals surface area contributed by atoms with Crippen LogP contribution in [0.5, 0.6) is 0 Å². The number of benzene rings is 1. The SMILES string of the molecule is O=C(NCc1ccccc1)N1CCn2cccc2C1c1cccs1. The Kier molecular flexibility index (Phi) is 4.09. The first-order chi connectivity index (χ1) is 11.8. The van der Waals surface area contributed by atoms with Gasteiger partial charge in [-0.15, -0.1) is 11.3 Å². The van der Waals surface area contributed by atoms with Crippen molar-refractivity contribution in [3.05, 3.63) is 82.3 Å². The van der Waals surface area contributed by atoms with Gasteiger partial charge in [-0.05, 0) is 29.1 Å². The Morgan fingerprint density at radius 1 is 1.08 bits per heavy atom. The third-order valence-corrected chi connectivity index (χ3v) is 5.32. The lowest BCUT2D eigenvalue weighted by molar-refractivity contribution is 0.169. The minimum absolute atomic E-state index is 0.00953. The molecule has 0 bridgehead atoms. The summed E-state index contributed by atoms with van der Waals surface area (Å²) in [5, 5.41) is 5.13. The molecule has 1 aromatic carbocycles. The fourth-order valence-electron chi connectivity index (χ4n) is 3.22. The van der Waals surface area contributed by atoms with Crippen LogP contribution in [0.4, 0.5) is 4.79 Å². The number of carbonyl (C=O) groups is 1. The van der Waals surface area contributed by atoms with E-state index < -0.39 is 0 Å². The fraction of sp³-hybridized carbons (Fsp3) is 0.211. The summed E-state index contributed by atoms with van der Waals surface area (Å²) in [6.45, 7) is 2.10. The van der Waals surface area contributed by atoms with Gasteiger partial charge in [0.15, 0.2) is 0 Å². The molecule has 2 amide bonds. The Morgan fingerprint density at radius 2 is 1.96 bits per heavy atom. The molecule has 2 aromatic heterocycles. The molecule has 1 atom stereocenters. The van der Waals surface area contributed by atoms with E-state index in [4.69, 9.17) is 0 Å². The highest BCUT2D eigenvalue weighted by atomic mass is 32.1. The van der Waals surface area contributed by atoms with E-state index in [2.05, 4.69) is 39.7 Å². The molecule has 1 unspecified atom stereocenters. The molecule has 122 valence electrons. The van der Waals surface area contributed by atoms with Crippen molar-refractivity contribution < 1.29 is 4.79 Å². The molecule has 0 saturated heterocycles. The Balaban J connectivity index is 1.56. The van der Waals surface area contributed by atoms with Crippen LogP contribution in [-0.4, -0.2) is 22.0 Å². The average Bonchev–Trinajstić information content (AvgIpc) is 3.31. The van der Waals surface area contributed by atoms with E-state index in [9.17, 15) is 4.79 Å². The van der Waals surface area contributed by atoms with Gasteiger partial charge < -0.3 is 14.8 Å². The molecule has 4 rings (SSSR count).